The molecule has 4 heteroatoms. The Morgan fingerprint density at radius 3 is 1.79 bits per heavy atom. The number of rotatable bonds is 2. The number of fused-ring (bicyclic) bond motifs is 13. The minimum absolute atomic E-state index is 0.618. The lowest BCUT2D eigenvalue weighted by Crippen LogP contribution is -2.03. The summed E-state index contributed by atoms with van der Waals surface area (Å²) in [5, 5.41) is 13.1. The average molecular weight is 612 g/mol. The lowest BCUT2D eigenvalue weighted by atomic mass is 9.93. The molecule has 8 aromatic carbocycles. The largest absolute Gasteiger partial charge is 0.452 e. The standard InChI is InChI=1S/C44H25N3O/c1-2-12-27-23-28(22-21-26(27)11-1)41-43-42(34-18-8-10-20-40(34)48-43)46-44(45-41)47-38-19-9-7-17-33(38)37-24-35-31-15-5-3-13-29(31)30-14-4-6-16-32(30)36(35)25-39(37)47/h1-25H. The highest BCUT2D eigenvalue weighted by Gasteiger charge is 2.22. The lowest BCUT2D eigenvalue weighted by molar-refractivity contribution is 0.666. The van der Waals surface area contributed by atoms with Crippen molar-refractivity contribution in [3.63, 3.8) is 0 Å². The van der Waals surface area contributed by atoms with E-state index >= 15 is 0 Å². The molecule has 3 heterocycles. The molecule has 11 rings (SSSR count). The summed E-state index contributed by atoms with van der Waals surface area (Å²) in [6, 6.07) is 53.8. The summed E-state index contributed by atoms with van der Waals surface area (Å²) in [5.74, 6) is 0.618. The van der Waals surface area contributed by atoms with Crippen molar-refractivity contribution in [1.29, 1.82) is 0 Å². The van der Waals surface area contributed by atoms with Crippen molar-refractivity contribution >= 4 is 87.0 Å². The van der Waals surface area contributed by atoms with E-state index in [-0.39, 0.29) is 0 Å². The maximum Gasteiger partial charge on any atom is 0.236 e. The van der Waals surface area contributed by atoms with Gasteiger partial charge in [-0.05, 0) is 79.5 Å². The third-order valence-electron chi connectivity index (χ3n) is 9.97. The van der Waals surface area contributed by atoms with E-state index in [9.17, 15) is 0 Å². The van der Waals surface area contributed by atoms with E-state index in [1.54, 1.807) is 0 Å². The summed E-state index contributed by atoms with van der Waals surface area (Å²) in [5.41, 5.74) is 6.20. The third-order valence-corrected chi connectivity index (χ3v) is 9.97. The zero-order valence-electron chi connectivity index (χ0n) is 25.7. The van der Waals surface area contributed by atoms with Crippen LogP contribution in [0.25, 0.3) is 104 Å². The molecule has 0 aliphatic heterocycles. The van der Waals surface area contributed by atoms with Gasteiger partial charge in [0.05, 0.1) is 11.0 Å². The lowest BCUT2D eigenvalue weighted by Gasteiger charge is -2.12. The first kappa shape index (κ1) is 25.6. The van der Waals surface area contributed by atoms with E-state index in [4.69, 9.17) is 14.4 Å². The van der Waals surface area contributed by atoms with Crippen LogP contribution in [0.15, 0.2) is 156 Å². The fourth-order valence-corrected chi connectivity index (χ4v) is 7.79. The molecule has 11 aromatic rings. The van der Waals surface area contributed by atoms with Gasteiger partial charge in [0, 0.05) is 21.7 Å². The highest BCUT2D eigenvalue weighted by Crippen LogP contribution is 2.42. The van der Waals surface area contributed by atoms with Crippen molar-refractivity contribution in [3.05, 3.63) is 152 Å². The van der Waals surface area contributed by atoms with Crippen molar-refractivity contribution in [1.82, 2.24) is 14.5 Å². The number of para-hydroxylation sites is 2. The fraction of sp³-hybridized carbons (Fsp3) is 0. The molecule has 0 aliphatic rings. The number of benzene rings is 8. The zero-order chi connectivity index (χ0) is 31.3. The second-order valence-corrected chi connectivity index (χ2v) is 12.6. The second-order valence-electron chi connectivity index (χ2n) is 12.6. The fourth-order valence-electron chi connectivity index (χ4n) is 7.79. The molecule has 0 unspecified atom stereocenters. The van der Waals surface area contributed by atoms with Crippen LogP contribution in [0.3, 0.4) is 0 Å². The summed E-state index contributed by atoms with van der Waals surface area (Å²) < 4.78 is 8.75. The Hall–Kier alpha value is -6.52. The summed E-state index contributed by atoms with van der Waals surface area (Å²) in [6.07, 6.45) is 0. The minimum atomic E-state index is 0.618. The predicted octanol–water partition coefficient (Wildman–Crippen LogP) is 11.8. The van der Waals surface area contributed by atoms with Gasteiger partial charge in [0.15, 0.2) is 5.58 Å². The normalized spacial score (nSPS) is 12.2. The molecule has 48 heavy (non-hydrogen) atoms. The van der Waals surface area contributed by atoms with Gasteiger partial charge < -0.3 is 4.42 Å². The molecule has 0 bridgehead atoms. The van der Waals surface area contributed by atoms with E-state index in [1.807, 2.05) is 18.2 Å². The Bertz CT molecular complexity index is 3130. The van der Waals surface area contributed by atoms with E-state index in [0.29, 0.717) is 11.5 Å². The zero-order valence-corrected chi connectivity index (χ0v) is 25.7. The average Bonchev–Trinajstić information content (AvgIpc) is 3.69. The molecule has 0 N–H and O–H groups in total. The van der Waals surface area contributed by atoms with Gasteiger partial charge in [-0.2, -0.15) is 0 Å². The van der Waals surface area contributed by atoms with Crippen LogP contribution in [0.2, 0.25) is 0 Å². The van der Waals surface area contributed by atoms with Crippen molar-refractivity contribution in [3.8, 4) is 17.2 Å². The Balaban J connectivity index is 1.30. The van der Waals surface area contributed by atoms with E-state index in [1.165, 1.54) is 48.5 Å². The number of furan rings is 1. The summed E-state index contributed by atoms with van der Waals surface area (Å²) in [4.78, 5) is 10.7. The third kappa shape index (κ3) is 3.49. The van der Waals surface area contributed by atoms with Crippen molar-refractivity contribution in [2.75, 3.05) is 0 Å². The first-order chi connectivity index (χ1) is 23.8. The first-order valence-corrected chi connectivity index (χ1v) is 16.3. The molecule has 0 saturated heterocycles. The van der Waals surface area contributed by atoms with E-state index in [0.717, 1.165) is 44.2 Å². The van der Waals surface area contributed by atoms with Gasteiger partial charge in [-0.3, -0.25) is 4.57 Å². The van der Waals surface area contributed by atoms with Gasteiger partial charge in [0.25, 0.3) is 0 Å². The maximum absolute atomic E-state index is 6.51. The quantitative estimate of drug-likeness (QED) is 0.183. The Kier molecular flexibility index (Phi) is 5.08. The molecule has 0 amide bonds. The topological polar surface area (TPSA) is 43.9 Å². The molecule has 0 spiro atoms. The molecule has 0 atom stereocenters. The summed E-state index contributed by atoms with van der Waals surface area (Å²) >= 11 is 0. The van der Waals surface area contributed by atoms with Gasteiger partial charge in [-0.1, -0.05) is 115 Å². The van der Waals surface area contributed by atoms with Crippen LogP contribution < -0.4 is 0 Å². The van der Waals surface area contributed by atoms with Gasteiger partial charge in [0.2, 0.25) is 5.95 Å². The highest BCUT2D eigenvalue weighted by molar-refractivity contribution is 6.28. The summed E-state index contributed by atoms with van der Waals surface area (Å²) in [7, 11) is 0. The number of hydrogen-bond donors (Lipinski definition) is 0. The maximum atomic E-state index is 6.51. The molecule has 3 aromatic heterocycles. The SMILES string of the molecule is c1ccc2cc(-c3nc(-n4c5ccccc5c5cc6c7ccccc7c7ccccc7c6cc54)nc4c3oc3ccccc34)ccc2c1. The number of nitrogens with zero attached hydrogens (tertiary/aromatic N) is 3. The van der Waals surface area contributed by atoms with Crippen LogP contribution >= 0.6 is 0 Å². The van der Waals surface area contributed by atoms with Crippen LogP contribution in [0.5, 0.6) is 0 Å². The van der Waals surface area contributed by atoms with E-state index in [2.05, 4.69) is 138 Å². The van der Waals surface area contributed by atoms with Gasteiger partial charge >= 0.3 is 0 Å². The Morgan fingerprint density at radius 1 is 0.417 bits per heavy atom. The second kappa shape index (κ2) is 9.50. The molecule has 0 fully saturated rings. The van der Waals surface area contributed by atoms with Gasteiger partial charge in [-0.25, -0.2) is 9.97 Å². The predicted molar refractivity (Wildman–Crippen MR) is 199 cm³/mol. The van der Waals surface area contributed by atoms with Crippen molar-refractivity contribution < 1.29 is 4.42 Å². The van der Waals surface area contributed by atoms with Crippen LogP contribution in [0, 0.1) is 0 Å². The van der Waals surface area contributed by atoms with Crippen LogP contribution in [0.1, 0.15) is 0 Å². The molecule has 0 aliphatic carbocycles. The molecule has 0 saturated carbocycles. The number of aromatic nitrogens is 3. The number of hydrogen-bond acceptors (Lipinski definition) is 3. The van der Waals surface area contributed by atoms with Gasteiger partial charge in [0.1, 0.15) is 16.8 Å². The summed E-state index contributed by atoms with van der Waals surface area (Å²) in [6.45, 7) is 0. The molecule has 222 valence electrons. The molecular formula is C44H25N3O. The molecule has 4 nitrogen and oxygen atoms in total. The van der Waals surface area contributed by atoms with Crippen LogP contribution in [0.4, 0.5) is 0 Å². The van der Waals surface area contributed by atoms with Crippen molar-refractivity contribution in [2.45, 2.75) is 0 Å². The Morgan fingerprint density at radius 2 is 1.02 bits per heavy atom. The molecule has 0 radical (unpaired) electrons. The first-order valence-electron chi connectivity index (χ1n) is 16.3. The monoisotopic (exact) mass is 611 g/mol. The van der Waals surface area contributed by atoms with Crippen molar-refractivity contribution in [2.24, 2.45) is 0 Å². The highest BCUT2D eigenvalue weighted by atomic mass is 16.3. The molecular weight excluding hydrogens is 587 g/mol. The smallest absolute Gasteiger partial charge is 0.236 e. The minimum Gasteiger partial charge on any atom is -0.452 e. The van der Waals surface area contributed by atoms with Crippen LogP contribution in [-0.4, -0.2) is 14.5 Å². The van der Waals surface area contributed by atoms with Gasteiger partial charge in [-0.15, -0.1) is 0 Å². The van der Waals surface area contributed by atoms with Crippen LogP contribution in [-0.2, 0) is 0 Å². The Labute approximate surface area is 274 Å². The van der Waals surface area contributed by atoms with E-state index < -0.39 is 0 Å².